The largest absolute Gasteiger partial charge is 0.354 e. The van der Waals surface area contributed by atoms with E-state index < -0.39 is 0 Å². The molecule has 1 aromatic heterocycles. The van der Waals surface area contributed by atoms with Crippen LogP contribution in [-0.4, -0.2) is 29.2 Å². The van der Waals surface area contributed by atoms with E-state index in [1.165, 1.54) is 0 Å². The van der Waals surface area contributed by atoms with Crippen molar-refractivity contribution in [3.8, 4) is 11.3 Å². The molecular formula is C23H24N4O. The number of rotatable bonds is 4. The van der Waals surface area contributed by atoms with Crippen molar-refractivity contribution in [2.75, 3.05) is 23.3 Å². The Morgan fingerprint density at radius 3 is 2.54 bits per heavy atom. The maximum atomic E-state index is 12.8. The van der Waals surface area contributed by atoms with Gasteiger partial charge in [-0.15, -0.1) is 10.2 Å². The van der Waals surface area contributed by atoms with Crippen LogP contribution in [0.1, 0.15) is 18.4 Å². The lowest BCUT2D eigenvalue weighted by atomic mass is 9.97. The molecule has 0 radical (unpaired) electrons. The summed E-state index contributed by atoms with van der Waals surface area (Å²) in [5.74, 6) is 0.852. The van der Waals surface area contributed by atoms with Gasteiger partial charge < -0.3 is 10.2 Å². The van der Waals surface area contributed by atoms with E-state index in [1.807, 2.05) is 73.7 Å². The van der Waals surface area contributed by atoms with Gasteiger partial charge in [-0.3, -0.25) is 4.79 Å². The van der Waals surface area contributed by atoms with Gasteiger partial charge in [0.1, 0.15) is 0 Å². The third-order valence-corrected chi connectivity index (χ3v) is 5.24. The van der Waals surface area contributed by atoms with Crippen LogP contribution < -0.4 is 10.2 Å². The molecule has 1 atom stereocenters. The second-order valence-corrected chi connectivity index (χ2v) is 7.23. The van der Waals surface area contributed by atoms with Crippen molar-refractivity contribution in [1.29, 1.82) is 0 Å². The van der Waals surface area contributed by atoms with E-state index in [4.69, 9.17) is 0 Å². The molecule has 2 aromatic carbocycles. The highest BCUT2D eigenvalue weighted by molar-refractivity contribution is 5.93. The first-order valence-electron chi connectivity index (χ1n) is 9.71. The van der Waals surface area contributed by atoms with Crippen molar-refractivity contribution >= 4 is 17.4 Å². The Bertz CT molecular complexity index is 940. The van der Waals surface area contributed by atoms with Gasteiger partial charge >= 0.3 is 0 Å². The van der Waals surface area contributed by atoms with Crippen molar-refractivity contribution in [1.82, 2.24) is 10.2 Å². The van der Waals surface area contributed by atoms with E-state index in [0.29, 0.717) is 6.54 Å². The molecular weight excluding hydrogens is 348 g/mol. The standard InChI is InChI=1S/C23H24N4O/c1-17-8-5-6-12-20(17)24-23(28)19-11-7-15-27(16-19)22-14-13-21(25-26-22)18-9-3-2-4-10-18/h2-6,8-10,12-14,19H,7,11,15-16H2,1H3,(H,24,28). The number of hydrogen-bond donors (Lipinski definition) is 1. The predicted molar refractivity (Wildman–Crippen MR) is 112 cm³/mol. The minimum Gasteiger partial charge on any atom is -0.354 e. The fraction of sp³-hybridized carbons (Fsp3) is 0.261. The molecule has 1 fully saturated rings. The molecule has 2 heterocycles. The predicted octanol–water partition coefficient (Wildman–Crippen LogP) is 4.31. The van der Waals surface area contributed by atoms with Gasteiger partial charge in [0.15, 0.2) is 5.82 Å². The third kappa shape index (κ3) is 4.03. The van der Waals surface area contributed by atoms with Gasteiger partial charge in [0.05, 0.1) is 11.6 Å². The Balaban J connectivity index is 1.43. The summed E-state index contributed by atoms with van der Waals surface area (Å²) in [6.45, 7) is 3.57. The summed E-state index contributed by atoms with van der Waals surface area (Å²) in [6, 6.07) is 21.9. The summed E-state index contributed by atoms with van der Waals surface area (Å²) >= 11 is 0. The van der Waals surface area contributed by atoms with Crippen molar-refractivity contribution in [2.24, 2.45) is 5.92 Å². The van der Waals surface area contributed by atoms with Crippen LogP contribution in [0.2, 0.25) is 0 Å². The highest BCUT2D eigenvalue weighted by Crippen LogP contribution is 2.24. The van der Waals surface area contributed by atoms with Crippen LogP contribution in [0.3, 0.4) is 0 Å². The number of carbonyl (C=O) groups is 1. The summed E-state index contributed by atoms with van der Waals surface area (Å²) in [5, 5.41) is 11.9. The summed E-state index contributed by atoms with van der Waals surface area (Å²) < 4.78 is 0. The number of benzene rings is 2. The maximum absolute atomic E-state index is 12.8. The number of anilines is 2. The molecule has 5 heteroatoms. The summed E-state index contributed by atoms with van der Waals surface area (Å²) in [6.07, 6.45) is 1.86. The maximum Gasteiger partial charge on any atom is 0.229 e. The zero-order valence-electron chi connectivity index (χ0n) is 16.0. The van der Waals surface area contributed by atoms with E-state index in [2.05, 4.69) is 20.4 Å². The SMILES string of the molecule is Cc1ccccc1NC(=O)C1CCCN(c2ccc(-c3ccccc3)nn2)C1. The molecule has 0 bridgehead atoms. The zero-order valence-corrected chi connectivity index (χ0v) is 16.0. The fourth-order valence-electron chi connectivity index (χ4n) is 3.60. The van der Waals surface area contributed by atoms with E-state index >= 15 is 0 Å². The first-order chi connectivity index (χ1) is 13.7. The molecule has 0 saturated carbocycles. The van der Waals surface area contributed by atoms with Gasteiger partial charge in [-0.1, -0.05) is 48.5 Å². The smallest absolute Gasteiger partial charge is 0.229 e. The second kappa shape index (κ2) is 8.21. The van der Waals surface area contributed by atoms with Gasteiger partial charge in [-0.2, -0.15) is 0 Å². The monoisotopic (exact) mass is 372 g/mol. The molecule has 1 aliphatic rings. The van der Waals surface area contributed by atoms with Gasteiger partial charge in [-0.25, -0.2) is 0 Å². The molecule has 3 aromatic rings. The molecule has 1 N–H and O–H groups in total. The summed E-state index contributed by atoms with van der Waals surface area (Å²) in [4.78, 5) is 14.9. The van der Waals surface area contributed by atoms with Crippen LogP contribution in [0.4, 0.5) is 11.5 Å². The molecule has 0 aliphatic carbocycles. The lowest BCUT2D eigenvalue weighted by molar-refractivity contribution is -0.120. The van der Waals surface area contributed by atoms with Crippen LogP contribution in [0.25, 0.3) is 11.3 Å². The van der Waals surface area contributed by atoms with Gasteiger partial charge in [0.2, 0.25) is 5.91 Å². The highest BCUT2D eigenvalue weighted by Gasteiger charge is 2.27. The van der Waals surface area contributed by atoms with Gasteiger partial charge in [-0.05, 0) is 43.5 Å². The molecule has 142 valence electrons. The Hall–Kier alpha value is -3.21. The lowest BCUT2D eigenvalue weighted by Crippen LogP contribution is -2.41. The van der Waals surface area contributed by atoms with Crippen molar-refractivity contribution in [2.45, 2.75) is 19.8 Å². The number of piperidine rings is 1. The minimum absolute atomic E-state index is 0.0519. The van der Waals surface area contributed by atoms with E-state index in [-0.39, 0.29) is 11.8 Å². The number of para-hydroxylation sites is 1. The number of carbonyl (C=O) groups excluding carboxylic acids is 1. The molecule has 1 unspecified atom stereocenters. The van der Waals surface area contributed by atoms with Crippen molar-refractivity contribution in [3.63, 3.8) is 0 Å². The van der Waals surface area contributed by atoms with Crippen LogP contribution in [0.5, 0.6) is 0 Å². The van der Waals surface area contributed by atoms with E-state index in [0.717, 1.165) is 47.7 Å². The zero-order chi connectivity index (χ0) is 19.3. The number of nitrogens with one attached hydrogen (secondary N) is 1. The first kappa shape index (κ1) is 18.2. The Kier molecular flexibility index (Phi) is 5.33. The highest BCUT2D eigenvalue weighted by atomic mass is 16.1. The van der Waals surface area contributed by atoms with Crippen molar-refractivity contribution < 1.29 is 4.79 Å². The number of hydrogen-bond acceptors (Lipinski definition) is 4. The Labute approximate surface area is 165 Å². The van der Waals surface area contributed by atoms with Crippen LogP contribution in [-0.2, 0) is 4.79 Å². The Morgan fingerprint density at radius 1 is 1.00 bits per heavy atom. The van der Waals surface area contributed by atoms with Crippen LogP contribution >= 0.6 is 0 Å². The van der Waals surface area contributed by atoms with Crippen molar-refractivity contribution in [3.05, 3.63) is 72.3 Å². The van der Waals surface area contributed by atoms with Crippen LogP contribution in [0, 0.1) is 12.8 Å². The summed E-state index contributed by atoms with van der Waals surface area (Å²) in [7, 11) is 0. The summed E-state index contributed by atoms with van der Waals surface area (Å²) in [5.41, 5.74) is 3.87. The van der Waals surface area contributed by atoms with Gasteiger partial charge in [0, 0.05) is 24.3 Å². The molecule has 1 aliphatic heterocycles. The number of aryl methyl sites for hydroxylation is 1. The molecule has 0 spiro atoms. The van der Waals surface area contributed by atoms with E-state index in [1.54, 1.807) is 0 Å². The average Bonchev–Trinajstić information content (AvgIpc) is 2.76. The molecule has 28 heavy (non-hydrogen) atoms. The topological polar surface area (TPSA) is 58.1 Å². The van der Waals surface area contributed by atoms with E-state index in [9.17, 15) is 4.79 Å². The lowest BCUT2D eigenvalue weighted by Gasteiger charge is -2.32. The molecule has 5 nitrogen and oxygen atoms in total. The quantitative estimate of drug-likeness (QED) is 0.741. The first-order valence-corrected chi connectivity index (χ1v) is 9.71. The molecule has 1 amide bonds. The number of aromatic nitrogens is 2. The normalized spacial score (nSPS) is 16.6. The number of nitrogens with zero attached hydrogens (tertiary/aromatic N) is 3. The Morgan fingerprint density at radius 2 is 1.79 bits per heavy atom. The van der Waals surface area contributed by atoms with Crippen LogP contribution in [0.15, 0.2) is 66.7 Å². The van der Waals surface area contributed by atoms with Gasteiger partial charge in [0.25, 0.3) is 0 Å². The number of amides is 1. The second-order valence-electron chi connectivity index (χ2n) is 7.23. The third-order valence-electron chi connectivity index (χ3n) is 5.24. The molecule has 1 saturated heterocycles. The molecule has 4 rings (SSSR count). The fourth-order valence-corrected chi connectivity index (χ4v) is 3.60. The minimum atomic E-state index is -0.0519. The average molecular weight is 372 g/mol.